The minimum absolute atomic E-state index is 0. The Kier molecular flexibility index (Phi) is 8.36. The third-order valence-electron chi connectivity index (χ3n) is 3.20. The highest BCUT2D eigenvalue weighted by Gasteiger charge is 2.26. The van der Waals surface area contributed by atoms with E-state index >= 15 is 0 Å². The summed E-state index contributed by atoms with van der Waals surface area (Å²) >= 11 is 0. The van der Waals surface area contributed by atoms with Gasteiger partial charge in [-0.15, -0.1) is 0 Å². The molecule has 0 aliphatic rings. The van der Waals surface area contributed by atoms with Gasteiger partial charge in [0.1, 0.15) is 11.5 Å². The Morgan fingerprint density at radius 3 is 2.46 bits per heavy atom. The zero-order chi connectivity index (χ0) is 19.6. The van der Waals surface area contributed by atoms with Crippen LogP contribution in [0.1, 0.15) is 50.2 Å². The molecule has 1 aromatic carbocycles. The summed E-state index contributed by atoms with van der Waals surface area (Å²) in [5, 5.41) is 2.14. The number of alkyl halides is 2. The Labute approximate surface area is 153 Å². The van der Waals surface area contributed by atoms with Gasteiger partial charge in [0.15, 0.2) is 0 Å². The van der Waals surface area contributed by atoms with Crippen LogP contribution >= 0.6 is 0 Å². The molecule has 0 unspecified atom stereocenters. The number of nitrogens with zero attached hydrogens (tertiary/aromatic N) is 1. The van der Waals surface area contributed by atoms with Crippen LogP contribution in [0.4, 0.5) is 13.2 Å². The van der Waals surface area contributed by atoms with Gasteiger partial charge in [-0.2, -0.15) is 0 Å². The maximum atomic E-state index is 13.1. The van der Waals surface area contributed by atoms with Crippen LogP contribution in [0.25, 0.3) is 0 Å². The van der Waals surface area contributed by atoms with Crippen molar-refractivity contribution in [2.24, 2.45) is 0 Å². The van der Waals surface area contributed by atoms with Gasteiger partial charge in [0.05, 0.1) is 6.54 Å². The first-order valence-electron chi connectivity index (χ1n) is 8.29. The zero-order valence-electron chi connectivity index (χ0n) is 14.9. The quantitative estimate of drug-likeness (QED) is 0.801. The van der Waals surface area contributed by atoms with Gasteiger partial charge in [0, 0.05) is 25.2 Å². The third-order valence-corrected chi connectivity index (χ3v) is 3.20. The fourth-order valence-electron chi connectivity index (χ4n) is 1.74. The second-order valence-electron chi connectivity index (χ2n) is 5.08. The number of aromatic nitrogens is 1. The van der Waals surface area contributed by atoms with Crippen molar-refractivity contribution in [2.75, 3.05) is 6.54 Å². The molecule has 6 heteroatoms. The number of carbonyl (C=O) groups is 1. The lowest BCUT2D eigenvalue weighted by Crippen LogP contribution is -2.36. The molecule has 0 bridgehead atoms. The molecule has 2 rings (SSSR count). The van der Waals surface area contributed by atoms with E-state index in [1.165, 1.54) is 31.3 Å². The Morgan fingerprint density at radius 1 is 1.19 bits per heavy atom. The van der Waals surface area contributed by atoms with Crippen molar-refractivity contribution in [3.63, 3.8) is 0 Å². The SMILES string of the molecule is CC.CCC(F)(F)CNC(=O)c1ccc(C#Cc2cccc(F)c2)cn1.[HH]. The zero-order valence-corrected chi connectivity index (χ0v) is 14.9. The molecule has 0 saturated carbocycles. The van der Waals surface area contributed by atoms with Crippen molar-refractivity contribution < 1.29 is 19.4 Å². The summed E-state index contributed by atoms with van der Waals surface area (Å²) in [4.78, 5) is 15.7. The number of rotatable bonds is 4. The van der Waals surface area contributed by atoms with E-state index in [2.05, 4.69) is 22.1 Å². The Morgan fingerprint density at radius 2 is 1.88 bits per heavy atom. The van der Waals surface area contributed by atoms with Gasteiger partial charge in [-0.25, -0.2) is 18.2 Å². The molecule has 3 nitrogen and oxygen atoms in total. The lowest BCUT2D eigenvalue weighted by Gasteiger charge is -2.14. The predicted molar refractivity (Wildman–Crippen MR) is 97.7 cm³/mol. The van der Waals surface area contributed by atoms with Crippen molar-refractivity contribution in [1.82, 2.24) is 10.3 Å². The molecule has 1 amide bonds. The highest BCUT2D eigenvalue weighted by molar-refractivity contribution is 5.92. The fraction of sp³-hybridized carbons (Fsp3) is 0.300. The normalized spacial score (nSPS) is 10.1. The predicted octanol–water partition coefficient (Wildman–Crippen LogP) is 4.67. The van der Waals surface area contributed by atoms with Crippen LogP contribution < -0.4 is 5.32 Å². The van der Waals surface area contributed by atoms with Gasteiger partial charge in [0.25, 0.3) is 11.8 Å². The van der Waals surface area contributed by atoms with Gasteiger partial charge in [0.2, 0.25) is 0 Å². The molecule has 1 aromatic heterocycles. The number of benzene rings is 1. The number of amides is 1. The molecule has 0 aliphatic carbocycles. The molecular weight excluding hydrogens is 341 g/mol. The lowest BCUT2D eigenvalue weighted by atomic mass is 10.2. The molecule has 140 valence electrons. The Bertz CT molecular complexity index is 784. The molecule has 0 spiro atoms. The van der Waals surface area contributed by atoms with Crippen LogP contribution in [0.5, 0.6) is 0 Å². The Hall–Kier alpha value is -2.81. The molecule has 0 saturated heterocycles. The van der Waals surface area contributed by atoms with Gasteiger partial charge in [-0.3, -0.25) is 4.79 Å². The average molecular weight is 364 g/mol. The van der Waals surface area contributed by atoms with Crippen LogP contribution in [-0.4, -0.2) is 23.4 Å². The highest BCUT2D eigenvalue weighted by atomic mass is 19.3. The van der Waals surface area contributed by atoms with E-state index < -0.39 is 18.4 Å². The molecule has 1 heterocycles. The highest BCUT2D eigenvalue weighted by Crippen LogP contribution is 2.16. The van der Waals surface area contributed by atoms with Gasteiger partial charge >= 0.3 is 0 Å². The molecule has 0 aliphatic heterocycles. The van der Waals surface area contributed by atoms with E-state index in [9.17, 15) is 18.0 Å². The number of halogens is 3. The first kappa shape index (κ1) is 21.2. The van der Waals surface area contributed by atoms with E-state index in [0.29, 0.717) is 11.1 Å². The number of hydrogen-bond acceptors (Lipinski definition) is 2. The molecule has 2 aromatic rings. The number of hydrogen-bond donors (Lipinski definition) is 1. The summed E-state index contributed by atoms with van der Waals surface area (Å²) in [7, 11) is 0. The molecule has 26 heavy (non-hydrogen) atoms. The van der Waals surface area contributed by atoms with E-state index in [-0.39, 0.29) is 19.4 Å². The maximum Gasteiger partial charge on any atom is 0.270 e. The summed E-state index contributed by atoms with van der Waals surface area (Å²) in [5.74, 6) is 1.57. The van der Waals surface area contributed by atoms with Crippen LogP contribution in [-0.2, 0) is 0 Å². The summed E-state index contributed by atoms with van der Waals surface area (Å²) < 4.78 is 39.2. The third kappa shape index (κ3) is 6.98. The van der Waals surface area contributed by atoms with E-state index in [1.807, 2.05) is 13.8 Å². The van der Waals surface area contributed by atoms with E-state index in [0.717, 1.165) is 0 Å². The lowest BCUT2D eigenvalue weighted by molar-refractivity contribution is -0.00106. The molecule has 1 N–H and O–H groups in total. The summed E-state index contributed by atoms with van der Waals surface area (Å²) in [6.45, 7) is 4.61. The molecular formula is C20H23F3N2O. The minimum Gasteiger partial charge on any atom is -0.345 e. The van der Waals surface area contributed by atoms with E-state index in [1.54, 1.807) is 18.2 Å². The van der Waals surface area contributed by atoms with E-state index in [4.69, 9.17) is 0 Å². The molecule has 0 radical (unpaired) electrons. The standard InChI is InChI=1S/C18H15F3N2O.C2H6.H2/c1-2-18(20,21)12-23-17(24)16-9-8-14(11-22-16)7-6-13-4-3-5-15(19)10-13;1-2;/h3-5,8-11H,2,12H2,1H3,(H,23,24);1-2H3;1H. The minimum atomic E-state index is -2.94. The molecule has 0 atom stereocenters. The van der Waals surface area contributed by atoms with Gasteiger partial charge < -0.3 is 5.32 Å². The summed E-state index contributed by atoms with van der Waals surface area (Å²) in [6, 6.07) is 8.79. The van der Waals surface area contributed by atoms with Crippen LogP contribution in [0.2, 0.25) is 0 Å². The van der Waals surface area contributed by atoms with Crippen molar-refractivity contribution in [3.8, 4) is 11.8 Å². The number of nitrogens with one attached hydrogen (secondary N) is 1. The van der Waals surface area contributed by atoms with Crippen molar-refractivity contribution in [3.05, 3.63) is 65.2 Å². The van der Waals surface area contributed by atoms with Crippen molar-refractivity contribution >= 4 is 5.91 Å². The summed E-state index contributed by atoms with van der Waals surface area (Å²) in [5.41, 5.74) is 1.06. The topological polar surface area (TPSA) is 42.0 Å². The number of carbonyl (C=O) groups excluding carboxylic acids is 1. The number of pyridine rings is 1. The van der Waals surface area contributed by atoms with Crippen LogP contribution in [0, 0.1) is 17.7 Å². The smallest absolute Gasteiger partial charge is 0.270 e. The first-order valence-corrected chi connectivity index (χ1v) is 8.29. The summed E-state index contributed by atoms with van der Waals surface area (Å²) in [6.07, 6.45) is 1.01. The maximum absolute atomic E-state index is 13.1. The van der Waals surface area contributed by atoms with Crippen LogP contribution in [0.3, 0.4) is 0 Å². The average Bonchev–Trinajstić information content (AvgIpc) is 2.66. The first-order chi connectivity index (χ1) is 12.4. The van der Waals surface area contributed by atoms with Crippen LogP contribution in [0.15, 0.2) is 42.6 Å². The monoisotopic (exact) mass is 364 g/mol. The van der Waals surface area contributed by atoms with Gasteiger partial charge in [-0.1, -0.05) is 38.7 Å². The van der Waals surface area contributed by atoms with Gasteiger partial charge in [-0.05, 0) is 30.3 Å². The second kappa shape index (κ2) is 10.2. The largest absolute Gasteiger partial charge is 0.345 e. The Balaban J connectivity index is 0.00000218. The van der Waals surface area contributed by atoms with Crippen molar-refractivity contribution in [1.29, 1.82) is 0 Å². The fourth-order valence-corrected chi connectivity index (χ4v) is 1.74. The molecule has 0 fully saturated rings. The second-order valence-corrected chi connectivity index (χ2v) is 5.08. The van der Waals surface area contributed by atoms with Crippen molar-refractivity contribution in [2.45, 2.75) is 33.1 Å².